The first-order valence-corrected chi connectivity index (χ1v) is 4.70. The molecule has 0 amide bonds. The fourth-order valence-electron chi connectivity index (χ4n) is 0.788. The van der Waals surface area contributed by atoms with Gasteiger partial charge in [0.1, 0.15) is 4.60 Å². The van der Waals surface area contributed by atoms with E-state index in [9.17, 15) is 0 Å². The van der Waals surface area contributed by atoms with E-state index in [0.29, 0.717) is 0 Å². The molecule has 0 unspecified atom stereocenters. The number of hydrogen-bond donors (Lipinski definition) is 0. The Labute approximate surface area is 81.6 Å². The first-order valence-electron chi connectivity index (χ1n) is 3.91. The van der Waals surface area contributed by atoms with Gasteiger partial charge in [-0.15, -0.1) is 0 Å². The molecule has 0 aliphatic carbocycles. The van der Waals surface area contributed by atoms with Crippen molar-refractivity contribution >= 4 is 15.9 Å². The summed E-state index contributed by atoms with van der Waals surface area (Å²) in [5.74, 6) is 0. The van der Waals surface area contributed by atoms with Crippen molar-refractivity contribution in [2.24, 2.45) is 0 Å². The lowest BCUT2D eigenvalue weighted by atomic mass is 9.93. The van der Waals surface area contributed by atoms with Gasteiger partial charge in [0.25, 0.3) is 0 Å². The van der Waals surface area contributed by atoms with Crippen molar-refractivity contribution < 1.29 is 0 Å². The number of hydrogen-bond acceptors (Lipinski definition) is 2. The van der Waals surface area contributed by atoms with E-state index in [-0.39, 0.29) is 5.41 Å². The van der Waals surface area contributed by atoms with Crippen LogP contribution in [-0.4, -0.2) is 9.97 Å². The SMILES string of the molecule is Cc1ncc(C(C)(C)C)nc1Br. The van der Waals surface area contributed by atoms with E-state index in [1.807, 2.05) is 13.1 Å². The molecule has 0 saturated heterocycles. The predicted molar refractivity (Wildman–Crippen MR) is 53.2 cm³/mol. The normalized spacial score (nSPS) is 11.8. The van der Waals surface area contributed by atoms with Crippen LogP contribution in [0.25, 0.3) is 0 Å². The fourth-order valence-corrected chi connectivity index (χ4v) is 1.08. The van der Waals surface area contributed by atoms with Crippen LogP contribution < -0.4 is 0 Å². The minimum atomic E-state index is 0.0726. The Hall–Kier alpha value is -0.440. The highest BCUT2D eigenvalue weighted by Gasteiger charge is 2.16. The third-order valence-electron chi connectivity index (χ3n) is 1.67. The molecule has 3 heteroatoms. The Balaban J connectivity index is 3.14. The zero-order valence-corrected chi connectivity index (χ0v) is 9.44. The second kappa shape index (κ2) is 3.13. The van der Waals surface area contributed by atoms with Crippen LogP contribution >= 0.6 is 15.9 Å². The largest absolute Gasteiger partial charge is 0.257 e. The van der Waals surface area contributed by atoms with Gasteiger partial charge in [0.2, 0.25) is 0 Å². The molecule has 0 N–H and O–H groups in total. The molecular weight excluding hydrogens is 216 g/mol. The molecule has 1 rings (SSSR count). The van der Waals surface area contributed by atoms with Crippen LogP contribution in [0.15, 0.2) is 10.8 Å². The van der Waals surface area contributed by atoms with Crippen LogP contribution in [-0.2, 0) is 5.41 Å². The molecule has 0 radical (unpaired) electrons. The first-order chi connectivity index (χ1) is 5.41. The van der Waals surface area contributed by atoms with E-state index in [0.717, 1.165) is 16.0 Å². The summed E-state index contributed by atoms with van der Waals surface area (Å²) in [4.78, 5) is 8.63. The summed E-state index contributed by atoms with van der Waals surface area (Å²) in [7, 11) is 0. The van der Waals surface area contributed by atoms with Crippen molar-refractivity contribution in [2.75, 3.05) is 0 Å². The van der Waals surface area contributed by atoms with Gasteiger partial charge < -0.3 is 0 Å². The number of nitrogens with zero attached hydrogens (tertiary/aromatic N) is 2. The van der Waals surface area contributed by atoms with Crippen LogP contribution in [0.4, 0.5) is 0 Å². The minimum absolute atomic E-state index is 0.0726. The summed E-state index contributed by atoms with van der Waals surface area (Å²) in [6.45, 7) is 8.31. The first kappa shape index (κ1) is 9.65. The second-order valence-corrected chi connectivity index (χ2v) is 4.63. The summed E-state index contributed by atoms with van der Waals surface area (Å²) in [6, 6.07) is 0. The Morgan fingerprint density at radius 3 is 2.33 bits per heavy atom. The van der Waals surface area contributed by atoms with Crippen LogP contribution in [0, 0.1) is 6.92 Å². The summed E-state index contributed by atoms with van der Waals surface area (Å²) in [6.07, 6.45) is 1.83. The molecule has 0 aromatic carbocycles. The van der Waals surface area contributed by atoms with Crippen LogP contribution in [0.1, 0.15) is 32.2 Å². The van der Waals surface area contributed by atoms with E-state index in [2.05, 4.69) is 46.7 Å². The number of aromatic nitrogens is 2. The molecule has 1 aromatic rings. The molecule has 0 fully saturated rings. The van der Waals surface area contributed by atoms with Crippen molar-refractivity contribution in [3.8, 4) is 0 Å². The van der Waals surface area contributed by atoms with E-state index < -0.39 is 0 Å². The number of rotatable bonds is 0. The van der Waals surface area contributed by atoms with Gasteiger partial charge >= 0.3 is 0 Å². The van der Waals surface area contributed by atoms with Crippen LogP contribution in [0.3, 0.4) is 0 Å². The van der Waals surface area contributed by atoms with Crippen molar-refractivity contribution in [1.82, 2.24) is 9.97 Å². The third-order valence-corrected chi connectivity index (χ3v) is 2.42. The van der Waals surface area contributed by atoms with Gasteiger partial charge in [-0.1, -0.05) is 20.8 Å². The van der Waals surface area contributed by atoms with Crippen LogP contribution in [0.2, 0.25) is 0 Å². The van der Waals surface area contributed by atoms with E-state index in [1.165, 1.54) is 0 Å². The summed E-state index contributed by atoms with van der Waals surface area (Å²) in [5, 5.41) is 0. The lowest BCUT2D eigenvalue weighted by Gasteiger charge is -2.17. The van der Waals surface area contributed by atoms with Crippen molar-refractivity contribution in [3.63, 3.8) is 0 Å². The highest BCUT2D eigenvalue weighted by Crippen LogP contribution is 2.21. The van der Waals surface area contributed by atoms with Gasteiger partial charge in [-0.05, 0) is 22.9 Å². The van der Waals surface area contributed by atoms with E-state index >= 15 is 0 Å². The molecular formula is C9H13BrN2. The Kier molecular flexibility index (Phi) is 2.52. The zero-order valence-electron chi connectivity index (χ0n) is 7.85. The lowest BCUT2D eigenvalue weighted by Crippen LogP contribution is -2.14. The lowest BCUT2D eigenvalue weighted by molar-refractivity contribution is 0.563. The fraction of sp³-hybridized carbons (Fsp3) is 0.556. The summed E-state index contributed by atoms with van der Waals surface area (Å²) < 4.78 is 0.843. The maximum atomic E-state index is 4.40. The van der Waals surface area contributed by atoms with Gasteiger partial charge in [-0.25, -0.2) is 4.98 Å². The maximum Gasteiger partial charge on any atom is 0.127 e. The molecule has 1 heterocycles. The molecule has 2 nitrogen and oxygen atoms in total. The molecule has 0 bridgehead atoms. The van der Waals surface area contributed by atoms with E-state index in [4.69, 9.17) is 0 Å². The summed E-state index contributed by atoms with van der Waals surface area (Å²) >= 11 is 3.36. The molecule has 66 valence electrons. The van der Waals surface area contributed by atoms with Gasteiger partial charge in [-0.3, -0.25) is 4.98 Å². The van der Waals surface area contributed by atoms with Gasteiger partial charge in [0.05, 0.1) is 11.4 Å². The molecule has 0 spiro atoms. The number of aryl methyl sites for hydroxylation is 1. The monoisotopic (exact) mass is 228 g/mol. The minimum Gasteiger partial charge on any atom is -0.257 e. The standard InChI is InChI=1S/C9H13BrN2/c1-6-8(10)12-7(5-11-6)9(2,3)4/h5H,1-4H3. The Morgan fingerprint density at radius 2 is 1.92 bits per heavy atom. The smallest absolute Gasteiger partial charge is 0.127 e. The Bertz CT molecular complexity index is 289. The van der Waals surface area contributed by atoms with Crippen molar-refractivity contribution in [1.29, 1.82) is 0 Å². The quantitative estimate of drug-likeness (QED) is 0.683. The van der Waals surface area contributed by atoms with Gasteiger partial charge in [0.15, 0.2) is 0 Å². The van der Waals surface area contributed by atoms with Crippen LogP contribution in [0.5, 0.6) is 0 Å². The predicted octanol–water partition coefficient (Wildman–Crippen LogP) is 2.85. The molecule has 1 aromatic heterocycles. The Morgan fingerprint density at radius 1 is 1.33 bits per heavy atom. The molecule has 0 aliphatic rings. The zero-order chi connectivity index (χ0) is 9.35. The highest BCUT2D eigenvalue weighted by atomic mass is 79.9. The second-order valence-electron chi connectivity index (χ2n) is 3.88. The average Bonchev–Trinajstić information content (AvgIpc) is 1.92. The van der Waals surface area contributed by atoms with Crippen molar-refractivity contribution in [2.45, 2.75) is 33.1 Å². The van der Waals surface area contributed by atoms with Crippen molar-refractivity contribution in [3.05, 3.63) is 22.2 Å². The topological polar surface area (TPSA) is 25.8 Å². The van der Waals surface area contributed by atoms with Gasteiger partial charge in [0, 0.05) is 11.6 Å². The molecule has 0 aliphatic heterocycles. The summed E-state index contributed by atoms with van der Waals surface area (Å²) in [5.41, 5.74) is 2.02. The average molecular weight is 229 g/mol. The highest BCUT2D eigenvalue weighted by molar-refractivity contribution is 9.10. The molecule has 0 atom stereocenters. The third kappa shape index (κ3) is 2.03. The molecule has 0 saturated carbocycles. The number of halogens is 1. The van der Waals surface area contributed by atoms with E-state index in [1.54, 1.807) is 0 Å². The van der Waals surface area contributed by atoms with Gasteiger partial charge in [-0.2, -0.15) is 0 Å². The molecule has 12 heavy (non-hydrogen) atoms. The maximum absolute atomic E-state index is 4.40.